The van der Waals surface area contributed by atoms with E-state index in [0.29, 0.717) is 28.1 Å². The fourth-order valence-electron chi connectivity index (χ4n) is 3.09. The molecule has 0 aliphatic carbocycles. The third kappa shape index (κ3) is 3.58. The van der Waals surface area contributed by atoms with Crippen LogP contribution in [0, 0.1) is 6.92 Å². The maximum atomic E-state index is 11.3. The summed E-state index contributed by atoms with van der Waals surface area (Å²) in [5.74, 6) is -0.128. The van der Waals surface area contributed by atoms with E-state index in [1.54, 1.807) is 28.3 Å². The van der Waals surface area contributed by atoms with Gasteiger partial charge in [-0.25, -0.2) is 0 Å². The van der Waals surface area contributed by atoms with Crippen LogP contribution in [0.25, 0.3) is 5.69 Å². The zero-order valence-electron chi connectivity index (χ0n) is 15.0. The normalized spacial score (nSPS) is 15.2. The van der Waals surface area contributed by atoms with Crippen LogP contribution in [-0.2, 0) is 11.8 Å². The standard InChI is InChI=1S/C17H15ClN6O2.Na/c1-9-20-21-17-12(7-14(25)26)19-15(10-3-5-11(18)6-4-10)16-13(24(9)17)8-23(2)22-16;/h3-6,8,12H,7H2,1-2H3,(H,25,26);/q;+1/p-1/t12-;/m0./s1. The zero-order valence-corrected chi connectivity index (χ0v) is 17.8. The minimum absolute atomic E-state index is 0. The number of aliphatic carboxylic acids is 1. The Balaban J connectivity index is 0.00000210. The molecule has 10 heteroatoms. The third-order valence-corrected chi connectivity index (χ3v) is 4.44. The van der Waals surface area contributed by atoms with Gasteiger partial charge in [-0.1, -0.05) is 23.7 Å². The number of aryl methyl sites for hydroxylation is 2. The van der Waals surface area contributed by atoms with Crippen molar-refractivity contribution in [2.75, 3.05) is 0 Å². The molecule has 4 rings (SSSR count). The number of halogens is 1. The molecule has 2 aromatic heterocycles. The number of nitrogens with zero attached hydrogens (tertiary/aromatic N) is 6. The maximum absolute atomic E-state index is 11.3. The molecule has 0 amide bonds. The molecular weight excluding hydrogens is 379 g/mol. The predicted octanol–water partition coefficient (Wildman–Crippen LogP) is -2.00. The van der Waals surface area contributed by atoms with Crippen LogP contribution in [0.3, 0.4) is 0 Å². The first-order valence-electron chi connectivity index (χ1n) is 7.94. The van der Waals surface area contributed by atoms with E-state index < -0.39 is 12.0 Å². The number of carbonyl (C=O) groups is 1. The van der Waals surface area contributed by atoms with Gasteiger partial charge in [-0.2, -0.15) is 5.10 Å². The van der Waals surface area contributed by atoms with E-state index in [4.69, 9.17) is 11.6 Å². The topological polar surface area (TPSA) is 101 Å². The Morgan fingerprint density at radius 3 is 2.63 bits per heavy atom. The number of fused-ring (bicyclic) bond motifs is 3. The Hall–Kier alpha value is -2.00. The zero-order chi connectivity index (χ0) is 18.4. The summed E-state index contributed by atoms with van der Waals surface area (Å²) >= 11 is 5.99. The molecule has 1 aliphatic rings. The van der Waals surface area contributed by atoms with Crippen molar-refractivity contribution in [1.29, 1.82) is 0 Å². The Morgan fingerprint density at radius 2 is 1.96 bits per heavy atom. The van der Waals surface area contributed by atoms with Gasteiger partial charge in [0.05, 0.1) is 11.4 Å². The number of aliphatic imine (C=N–C) groups is 1. The van der Waals surface area contributed by atoms with E-state index in [2.05, 4.69) is 20.3 Å². The van der Waals surface area contributed by atoms with Crippen molar-refractivity contribution in [3.63, 3.8) is 0 Å². The first kappa shape index (κ1) is 19.8. The van der Waals surface area contributed by atoms with Crippen molar-refractivity contribution < 1.29 is 39.5 Å². The summed E-state index contributed by atoms with van der Waals surface area (Å²) in [6.45, 7) is 1.80. The van der Waals surface area contributed by atoms with E-state index in [9.17, 15) is 9.90 Å². The smallest absolute Gasteiger partial charge is 0.550 e. The van der Waals surface area contributed by atoms with Gasteiger partial charge in [0.15, 0.2) is 5.82 Å². The van der Waals surface area contributed by atoms with E-state index in [1.165, 1.54) is 0 Å². The Kier molecular flexibility index (Phi) is 5.53. The van der Waals surface area contributed by atoms with Gasteiger partial charge in [0.25, 0.3) is 0 Å². The molecule has 0 saturated heterocycles. The van der Waals surface area contributed by atoms with Crippen molar-refractivity contribution in [3.8, 4) is 5.69 Å². The molecule has 3 heterocycles. The Morgan fingerprint density at radius 1 is 1.26 bits per heavy atom. The van der Waals surface area contributed by atoms with Crippen molar-refractivity contribution in [2.24, 2.45) is 12.0 Å². The van der Waals surface area contributed by atoms with Crippen LogP contribution in [0.4, 0.5) is 0 Å². The van der Waals surface area contributed by atoms with E-state index in [0.717, 1.165) is 11.3 Å². The summed E-state index contributed by atoms with van der Waals surface area (Å²) in [5, 5.41) is 24.7. The second-order valence-corrected chi connectivity index (χ2v) is 6.49. The Labute approximate surface area is 182 Å². The van der Waals surface area contributed by atoms with Gasteiger partial charge in [-0.3, -0.25) is 14.2 Å². The molecule has 0 unspecified atom stereocenters. The van der Waals surface area contributed by atoms with Crippen LogP contribution in [0.15, 0.2) is 35.5 Å². The van der Waals surface area contributed by atoms with E-state index >= 15 is 0 Å². The average molecular weight is 393 g/mol. The van der Waals surface area contributed by atoms with Crippen molar-refractivity contribution in [3.05, 3.63) is 58.4 Å². The number of carboxylic acid groups (broad SMARTS) is 1. The van der Waals surface area contributed by atoms with E-state index in [1.807, 2.05) is 25.4 Å². The molecule has 0 saturated carbocycles. The first-order chi connectivity index (χ1) is 12.4. The van der Waals surface area contributed by atoms with Gasteiger partial charge >= 0.3 is 29.6 Å². The number of carbonyl (C=O) groups excluding carboxylic acids is 1. The van der Waals surface area contributed by atoms with E-state index in [-0.39, 0.29) is 36.0 Å². The first-order valence-corrected chi connectivity index (χ1v) is 8.31. The number of carboxylic acids is 1. The van der Waals surface area contributed by atoms with Crippen LogP contribution >= 0.6 is 11.6 Å². The maximum Gasteiger partial charge on any atom is 1.00 e. The molecule has 0 fully saturated rings. The Bertz CT molecular complexity index is 1040. The number of aromatic nitrogens is 5. The molecule has 0 bridgehead atoms. The molecule has 1 aromatic carbocycles. The molecule has 132 valence electrons. The van der Waals surface area contributed by atoms with Crippen LogP contribution in [0.1, 0.15) is 35.4 Å². The van der Waals surface area contributed by atoms with Crippen molar-refractivity contribution in [2.45, 2.75) is 19.4 Å². The number of hydrogen-bond donors (Lipinski definition) is 0. The minimum atomic E-state index is -1.21. The third-order valence-electron chi connectivity index (χ3n) is 4.19. The van der Waals surface area contributed by atoms with Gasteiger partial charge in [-0.15, -0.1) is 10.2 Å². The molecule has 1 atom stereocenters. The monoisotopic (exact) mass is 392 g/mol. The largest absolute Gasteiger partial charge is 1.00 e. The molecule has 27 heavy (non-hydrogen) atoms. The fraction of sp³-hybridized carbons (Fsp3) is 0.235. The van der Waals surface area contributed by atoms with Gasteiger partial charge in [0.2, 0.25) is 0 Å². The molecule has 1 aliphatic heterocycles. The summed E-state index contributed by atoms with van der Waals surface area (Å²) in [6, 6.07) is 6.44. The van der Waals surface area contributed by atoms with Gasteiger partial charge in [-0.05, 0) is 19.1 Å². The van der Waals surface area contributed by atoms with Crippen molar-refractivity contribution >= 4 is 23.3 Å². The number of benzene rings is 1. The SMILES string of the molecule is Cc1nnc2n1-c1cn(C)nc1C(c1ccc(Cl)cc1)=N[C@H]2CC(=O)[O-].[Na+]. The van der Waals surface area contributed by atoms with Crippen LogP contribution in [0.2, 0.25) is 5.02 Å². The quantitative estimate of drug-likeness (QED) is 0.480. The predicted molar refractivity (Wildman–Crippen MR) is 92.3 cm³/mol. The molecule has 0 N–H and O–H groups in total. The van der Waals surface area contributed by atoms with Gasteiger partial charge < -0.3 is 9.90 Å². The minimum Gasteiger partial charge on any atom is -0.550 e. The second-order valence-electron chi connectivity index (χ2n) is 6.05. The fourth-order valence-corrected chi connectivity index (χ4v) is 3.21. The van der Waals surface area contributed by atoms with Gasteiger partial charge in [0.1, 0.15) is 17.6 Å². The van der Waals surface area contributed by atoms with Crippen molar-refractivity contribution in [1.82, 2.24) is 24.5 Å². The molecule has 3 aromatic rings. The van der Waals surface area contributed by atoms with Crippen LogP contribution in [-0.4, -0.2) is 36.2 Å². The molecule has 0 radical (unpaired) electrons. The summed E-state index contributed by atoms with van der Waals surface area (Å²) in [4.78, 5) is 16.0. The summed E-state index contributed by atoms with van der Waals surface area (Å²) in [7, 11) is 1.81. The number of rotatable bonds is 3. The molecule has 0 spiro atoms. The van der Waals surface area contributed by atoms with Crippen LogP contribution in [0.5, 0.6) is 0 Å². The summed E-state index contributed by atoms with van der Waals surface area (Å²) in [5.41, 5.74) is 2.74. The van der Waals surface area contributed by atoms with Gasteiger partial charge in [0, 0.05) is 36.2 Å². The average Bonchev–Trinajstić information content (AvgIpc) is 3.11. The molecular formula is C17H14ClN6NaO2. The summed E-state index contributed by atoms with van der Waals surface area (Å²) < 4.78 is 3.47. The summed E-state index contributed by atoms with van der Waals surface area (Å²) in [6.07, 6.45) is 1.54. The second kappa shape index (κ2) is 7.55. The number of hydrogen-bond acceptors (Lipinski definition) is 6. The molecule has 8 nitrogen and oxygen atoms in total. The van der Waals surface area contributed by atoms with Crippen LogP contribution < -0.4 is 34.7 Å².